The summed E-state index contributed by atoms with van der Waals surface area (Å²) < 4.78 is 5.37. The van der Waals surface area contributed by atoms with Crippen molar-refractivity contribution in [3.05, 3.63) is 0 Å². The highest BCUT2D eigenvalue weighted by molar-refractivity contribution is 5.79. The van der Waals surface area contributed by atoms with Gasteiger partial charge in [-0.25, -0.2) is 9.59 Å². The molecule has 0 radical (unpaired) electrons. The zero-order valence-electron chi connectivity index (χ0n) is 13.4. The predicted molar refractivity (Wildman–Crippen MR) is 81.1 cm³/mol. The molecule has 1 amide bonds. The van der Waals surface area contributed by atoms with Gasteiger partial charge in [0.15, 0.2) is 0 Å². The van der Waals surface area contributed by atoms with Crippen LogP contribution in [0.5, 0.6) is 0 Å². The van der Waals surface area contributed by atoms with Crippen molar-refractivity contribution in [2.75, 3.05) is 0 Å². The molecule has 0 spiro atoms. The fourth-order valence-electron chi connectivity index (χ4n) is 2.97. The fourth-order valence-corrected chi connectivity index (χ4v) is 2.97. The van der Waals surface area contributed by atoms with E-state index in [-0.39, 0.29) is 12.0 Å². The minimum atomic E-state index is -1.01. The monoisotopic (exact) mass is 299 g/mol. The zero-order valence-corrected chi connectivity index (χ0v) is 13.4. The lowest BCUT2D eigenvalue weighted by Gasteiger charge is -2.28. The van der Waals surface area contributed by atoms with Gasteiger partial charge in [-0.3, -0.25) is 0 Å². The average Bonchev–Trinajstić information content (AvgIpc) is 2.40. The van der Waals surface area contributed by atoms with E-state index in [1.165, 1.54) is 12.8 Å². The maximum absolute atomic E-state index is 11.8. The van der Waals surface area contributed by atoms with E-state index in [2.05, 4.69) is 12.2 Å². The molecule has 0 heterocycles. The van der Waals surface area contributed by atoms with Crippen molar-refractivity contribution >= 4 is 12.1 Å². The number of aliphatic carboxylic acids is 1. The van der Waals surface area contributed by atoms with E-state index in [1.807, 2.05) is 13.8 Å². The third-order valence-corrected chi connectivity index (χ3v) is 4.06. The molecule has 1 aliphatic carbocycles. The maximum Gasteiger partial charge on any atom is 0.408 e. The summed E-state index contributed by atoms with van der Waals surface area (Å²) in [6, 6.07) is -0.867. The van der Waals surface area contributed by atoms with Crippen LogP contribution < -0.4 is 5.32 Å². The Morgan fingerprint density at radius 2 is 1.86 bits per heavy atom. The largest absolute Gasteiger partial charge is 0.480 e. The van der Waals surface area contributed by atoms with Crippen molar-refractivity contribution < 1.29 is 19.4 Å². The Morgan fingerprint density at radius 3 is 2.33 bits per heavy atom. The molecule has 2 N–H and O–H groups in total. The fraction of sp³-hybridized carbons (Fsp3) is 0.875. The van der Waals surface area contributed by atoms with Gasteiger partial charge in [0.25, 0.3) is 0 Å². The summed E-state index contributed by atoms with van der Waals surface area (Å²) in [6.07, 6.45) is 6.17. The SMILES string of the molecule is CCCC1CCC(OC(=O)N[C@@H](CC(C)C)C(=O)O)CC1. The maximum atomic E-state index is 11.8. The topological polar surface area (TPSA) is 75.6 Å². The van der Waals surface area contributed by atoms with Crippen molar-refractivity contribution in [3.63, 3.8) is 0 Å². The number of carboxylic acid groups (broad SMARTS) is 1. The molecular weight excluding hydrogens is 270 g/mol. The lowest BCUT2D eigenvalue weighted by atomic mass is 9.85. The highest BCUT2D eigenvalue weighted by atomic mass is 16.6. The third-order valence-electron chi connectivity index (χ3n) is 4.06. The Morgan fingerprint density at radius 1 is 1.24 bits per heavy atom. The first-order valence-electron chi connectivity index (χ1n) is 8.12. The molecule has 0 bridgehead atoms. The molecule has 1 rings (SSSR count). The van der Waals surface area contributed by atoms with Crippen LogP contribution in [-0.2, 0) is 9.53 Å². The van der Waals surface area contributed by atoms with E-state index in [1.54, 1.807) is 0 Å². The molecular formula is C16H29NO4. The number of rotatable bonds is 7. The van der Waals surface area contributed by atoms with Gasteiger partial charge in [0.1, 0.15) is 12.1 Å². The van der Waals surface area contributed by atoms with Gasteiger partial charge < -0.3 is 15.2 Å². The van der Waals surface area contributed by atoms with Crippen LogP contribution in [0.4, 0.5) is 4.79 Å². The van der Waals surface area contributed by atoms with E-state index in [0.29, 0.717) is 6.42 Å². The molecule has 21 heavy (non-hydrogen) atoms. The second-order valence-corrected chi connectivity index (χ2v) is 6.50. The summed E-state index contributed by atoms with van der Waals surface area (Å²) >= 11 is 0. The van der Waals surface area contributed by atoms with E-state index in [9.17, 15) is 9.59 Å². The second kappa shape index (κ2) is 8.90. The van der Waals surface area contributed by atoms with E-state index < -0.39 is 18.1 Å². The highest BCUT2D eigenvalue weighted by Crippen LogP contribution is 2.29. The summed E-state index contributed by atoms with van der Waals surface area (Å²) in [5.74, 6) is -0.0474. The zero-order chi connectivity index (χ0) is 15.8. The standard InChI is InChI=1S/C16H29NO4/c1-4-5-12-6-8-13(9-7-12)21-16(20)17-14(15(18)19)10-11(2)3/h11-14H,4-10H2,1-3H3,(H,17,20)(H,18,19)/t12?,13?,14-/m0/s1. The molecule has 1 saturated carbocycles. The molecule has 1 fully saturated rings. The van der Waals surface area contributed by atoms with Crippen molar-refractivity contribution in [2.45, 2.75) is 77.9 Å². The van der Waals surface area contributed by atoms with Crippen LogP contribution in [-0.4, -0.2) is 29.3 Å². The van der Waals surface area contributed by atoms with Crippen LogP contribution in [0, 0.1) is 11.8 Å². The highest BCUT2D eigenvalue weighted by Gasteiger charge is 2.26. The molecule has 0 aromatic heterocycles. The number of carbonyl (C=O) groups excluding carboxylic acids is 1. The molecule has 0 unspecified atom stereocenters. The summed E-state index contributed by atoms with van der Waals surface area (Å²) in [6.45, 7) is 6.05. The Balaban J connectivity index is 2.34. The Labute approximate surface area is 127 Å². The van der Waals surface area contributed by atoms with Crippen LogP contribution in [0.3, 0.4) is 0 Å². The molecule has 0 aromatic rings. The lowest BCUT2D eigenvalue weighted by Crippen LogP contribution is -2.43. The Hall–Kier alpha value is -1.26. The van der Waals surface area contributed by atoms with Gasteiger partial charge in [0, 0.05) is 0 Å². The number of hydrogen-bond donors (Lipinski definition) is 2. The first kappa shape index (κ1) is 17.8. The van der Waals surface area contributed by atoms with Gasteiger partial charge >= 0.3 is 12.1 Å². The van der Waals surface area contributed by atoms with Crippen LogP contribution in [0.2, 0.25) is 0 Å². The van der Waals surface area contributed by atoms with Crippen LogP contribution in [0.15, 0.2) is 0 Å². The molecule has 0 aliphatic heterocycles. The van der Waals surface area contributed by atoms with Gasteiger partial charge in [-0.15, -0.1) is 0 Å². The van der Waals surface area contributed by atoms with Gasteiger partial charge in [-0.1, -0.05) is 33.6 Å². The van der Waals surface area contributed by atoms with Gasteiger partial charge in [0.05, 0.1) is 0 Å². The van der Waals surface area contributed by atoms with Crippen LogP contribution in [0.25, 0.3) is 0 Å². The van der Waals surface area contributed by atoms with Crippen LogP contribution in [0.1, 0.15) is 65.7 Å². The van der Waals surface area contributed by atoms with Crippen molar-refractivity contribution in [2.24, 2.45) is 11.8 Å². The quantitative estimate of drug-likeness (QED) is 0.753. The minimum absolute atomic E-state index is 0.0633. The first-order valence-corrected chi connectivity index (χ1v) is 8.12. The number of ether oxygens (including phenoxy) is 1. The summed E-state index contributed by atoms with van der Waals surface area (Å²) in [5.41, 5.74) is 0. The second-order valence-electron chi connectivity index (χ2n) is 6.50. The molecule has 1 aliphatic rings. The molecule has 122 valence electrons. The van der Waals surface area contributed by atoms with E-state index >= 15 is 0 Å². The summed E-state index contributed by atoms with van der Waals surface area (Å²) in [5, 5.41) is 11.6. The molecule has 0 aromatic carbocycles. The van der Waals surface area contributed by atoms with Crippen molar-refractivity contribution in [1.82, 2.24) is 5.32 Å². The van der Waals surface area contributed by atoms with Crippen molar-refractivity contribution in [1.29, 1.82) is 0 Å². The Bertz CT molecular complexity index is 335. The molecule has 0 saturated heterocycles. The van der Waals surface area contributed by atoms with Gasteiger partial charge in [-0.05, 0) is 43.9 Å². The number of nitrogens with one attached hydrogen (secondary N) is 1. The lowest BCUT2D eigenvalue weighted by molar-refractivity contribution is -0.139. The summed E-state index contributed by atoms with van der Waals surface area (Å²) in [4.78, 5) is 22.9. The number of amides is 1. The number of carbonyl (C=O) groups is 2. The van der Waals surface area contributed by atoms with E-state index in [4.69, 9.17) is 9.84 Å². The third kappa shape index (κ3) is 6.82. The van der Waals surface area contributed by atoms with Gasteiger partial charge in [0.2, 0.25) is 0 Å². The first-order chi connectivity index (χ1) is 9.92. The smallest absolute Gasteiger partial charge is 0.408 e. The normalized spacial score (nSPS) is 23.6. The summed E-state index contributed by atoms with van der Waals surface area (Å²) in [7, 11) is 0. The number of hydrogen-bond acceptors (Lipinski definition) is 3. The average molecular weight is 299 g/mol. The van der Waals surface area contributed by atoms with Gasteiger partial charge in [-0.2, -0.15) is 0 Å². The minimum Gasteiger partial charge on any atom is -0.480 e. The van der Waals surface area contributed by atoms with E-state index in [0.717, 1.165) is 31.6 Å². The predicted octanol–water partition coefficient (Wildman–Crippen LogP) is 3.57. The molecule has 1 atom stereocenters. The Kier molecular flexibility index (Phi) is 7.54. The molecule has 5 nitrogen and oxygen atoms in total. The molecule has 5 heteroatoms. The van der Waals surface area contributed by atoms with Crippen molar-refractivity contribution in [3.8, 4) is 0 Å². The number of alkyl carbamates (subject to hydrolysis) is 1. The number of carboxylic acids is 1. The van der Waals surface area contributed by atoms with Crippen LogP contribution >= 0.6 is 0 Å².